The van der Waals surface area contributed by atoms with Crippen LogP contribution in [0.15, 0.2) is 35.1 Å². The van der Waals surface area contributed by atoms with Gasteiger partial charge in [-0.2, -0.15) is 9.78 Å². The Morgan fingerprint density at radius 1 is 1.43 bits per heavy atom. The number of nitrogens with zero attached hydrogens (tertiary/aromatic N) is 2. The summed E-state index contributed by atoms with van der Waals surface area (Å²) in [6, 6.07) is 8.02. The maximum absolute atomic E-state index is 12.0. The van der Waals surface area contributed by atoms with E-state index >= 15 is 0 Å². The molecule has 7 heteroatoms. The van der Waals surface area contributed by atoms with Crippen molar-refractivity contribution < 1.29 is 9.84 Å². The minimum atomic E-state index is -0.443. The zero-order chi connectivity index (χ0) is 15.2. The van der Waals surface area contributed by atoms with E-state index in [2.05, 4.69) is 10.4 Å². The molecule has 6 nitrogen and oxygen atoms in total. The second-order valence-electron chi connectivity index (χ2n) is 4.35. The molecule has 1 heterocycles. The molecule has 0 atom stereocenters. The first-order valence-electron chi connectivity index (χ1n) is 6.40. The van der Waals surface area contributed by atoms with Crippen LogP contribution in [-0.4, -0.2) is 35.1 Å². The molecule has 0 aliphatic carbocycles. The number of ether oxygens (including phenoxy) is 1. The summed E-state index contributed by atoms with van der Waals surface area (Å²) in [5.41, 5.74) is 0.397. The van der Waals surface area contributed by atoms with Gasteiger partial charge in [-0.25, -0.2) is 0 Å². The number of benzene rings is 1. The Labute approximate surface area is 126 Å². The molecule has 2 rings (SSSR count). The smallest absolute Gasteiger partial charge is 0.275 e. The molecular formula is C14H16ClN3O3. The number of para-hydroxylation sites is 1. The van der Waals surface area contributed by atoms with Crippen molar-refractivity contribution in [2.75, 3.05) is 20.3 Å². The number of rotatable bonds is 6. The summed E-state index contributed by atoms with van der Waals surface area (Å²) in [6.07, 6.45) is 0. The van der Waals surface area contributed by atoms with Gasteiger partial charge in [-0.05, 0) is 12.1 Å². The Morgan fingerprint density at radius 3 is 2.90 bits per heavy atom. The number of nitrogens with one attached hydrogen (secondary N) is 1. The quantitative estimate of drug-likeness (QED) is 0.787. The molecular weight excluding hydrogens is 294 g/mol. The second-order valence-corrected chi connectivity index (χ2v) is 4.75. The monoisotopic (exact) mass is 309 g/mol. The third kappa shape index (κ3) is 3.81. The molecule has 1 aromatic heterocycles. The van der Waals surface area contributed by atoms with E-state index in [1.54, 1.807) is 31.4 Å². The van der Waals surface area contributed by atoms with E-state index in [0.29, 0.717) is 36.1 Å². The van der Waals surface area contributed by atoms with Gasteiger partial charge >= 0.3 is 0 Å². The minimum absolute atomic E-state index is 0.145. The van der Waals surface area contributed by atoms with Crippen LogP contribution in [-0.2, 0) is 11.3 Å². The molecule has 0 aliphatic heterocycles. The Morgan fingerprint density at radius 2 is 2.19 bits per heavy atom. The van der Waals surface area contributed by atoms with Gasteiger partial charge in [0.1, 0.15) is 11.4 Å². The third-order valence-corrected chi connectivity index (χ3v) is 3.16. The Bertz CT molecular complexity index is 673. The molecule has 0 saturated heterocycles. The SMILES string of the molecule is COCCNCc1nn(-c2ccccc2Cl)c(=O)cc1O. The van der Waals surface area contributed by atoms with Gasteiger partial charge < -0.3 is 15.2 Å². The molecule has 2 N–H and O–H groups in total. The van der Waals surface area contributed by atoms with Crippen LogP contribution in [0.3, 0.4) is 0 Å². The molecule has 0 saturated carbocycles. The standard InChI is InChI=1S/C14H16ClN3O3/c1-21-7-6-16-9-11-13(19)8-14(20)18(17-11)12-5-3-2-4-10(12)15/h2-5,8,16,19H,6-7,9H2,1H3. The lowest BCUT2D eigenvalue weighted by Crippen LogP contribution is -2.25. The highest BCUT2D eigenvalue weighted by molar-refractivity contribution is 6.32. The van der Waals surface area contributed by atoms with E-state index in [1.807, 2.05) is 0 Å². The number of aromatic hydroxyl groups is 1. The molecule has 0 unspecified atom stereocenters. The zero-order valence-electron chi connectivity index (χ0n) is 11.5. The number of hydrogen-bond donors (Lipinski definition) is 2. The summed E-state index contributed by atoms with van der Waals surface area (Å²) in [6.45, 7) is 1.48. The summed E-state index contributed by atoms with van der Waals surface area (Å²) in [7, 11) is 1.61. The fourth-order valence-corrected chi connectivity index (χ4v) is 2.00. The molecule has 0 amide bonds. The van der Waals surface area contributed by atoms with Crippen molar-refractivity contribution in [3.05, 3.63) is 51.4 Å². The average Bonchev–Trinajstić information content (AvgIpc) is 2.46. The number of aromatic nitrogens is 2. The summed E-state index contributed by atoms with van der Waals surface area (Å²) in [4.78, 5) is 12.0. The summed E-state index contributed by atoms with van der Waals surface area (Å²) < 4.78 is 6.10. The second kappa shape index (κ2) is 7.21. The van der Waals surface area contributed by atoms with Gasteiger partial charge in [0.05, 0.1) is 17.3 Å². The van der Waals surface area contributed by atoms with Gasteiger partial charge in [-0.3, -0.25) is 4.79 Å². The van der Waals surface area contributed by atoms with Gasteiger partial charge in [-0.15, -0.1) is 0 Å². The molecule has 0 fully saturated rings. The van der Waals surface area contributed by atoms with Crippen LogP contribution in [0.25, 0.3) is 5.69 Å². The van der Waals surface area contributed by atoms with E-state index in [9.17, 15) is 9.90 Å². The van der Waals surface area contributed by atoms with Crippen molar-refractivity contribution >= 4 is 11.6 Å². The molecule has 0 aliphatic rings. The van der Waals surface area contributed by atoms with Gasteiger partial charge in [-0.1, -0.05) is 23.7 Å². The first-order chi connectivity index (χ1) is 10.1. The Balaban J connectivity index is 2.31. The van der Waals surface area contributed by atoms with Crippen molar-refractivity contribution in [1.29, 1.82) is 0 Å². The molecule has 1 aromatic carbocycles. The average molecular weight is 310 g/mol. The van der Waals surface area contributed by atoms with Gasteiger partial charge in [0.15, 0.2) is 0 Å². The first-order valence-corrected chi connectivity index (χ1v) is 6.78. The van der Waals surface area contributed by atoms with E-state index in [4.69, 9.17) is 16.3 Å². The zero-order valence-corrected chi connectivity index (χ0v) is 12.3. The lowest BCUT2D eigenvalue weighted by molar-refractivity contribution is 0.199. The maximum Gasteiger partial charge on any atom is 0.275 e. The van der Waals surface area contributed by atoms with Crippen LogP contribution in [0.2, 0.25) is 5.02 Å². The molecule has 112 valence electrons. The molecule has 0 spiro atoms. The largest absolute Gasteiger partial charge is 0.506 e. The molecule has 2 aromatic rings. The first kappa shape index (κ1) is 15.5. The highest BCUT2D eigenvalue weighted by Gasteiger charge is 2.11. The van der Waals surface area contributed by atoms with E-state index in [0.717, 1.165) is 6.07 Å². The van der Waals surface area contributed by atoms with Crippen LogP contribution < -0.4 is 10.9 Å². The van der Waals surface area contributed by atoms with Crippen molar-refractivity contribution in [3.63, 3.8) is 0 Å². The molecule has 0 radical (unpaired) electrons. The van der Waals surface area contributed by atoms with Gasteiger partial charge in [0.2, 0.25) is 0 Å². The molecule has 0 bridgehead atoms. The number of methoxy groups -OCH3 is 1. The summed E-state index contributed by atoms with van der Waals surface area (Å²) >= 11 is 6.07. The van der Waals surface area contributed by atoms with Gasteiger partial charge in [0, 0.05) is 26.3 Å². The fourth-order valence-electron chi connectivity index (χ4n) is 1.79. The van der Waals surface area contributed by atoms with Crippen molar-refractivity contribution in [1.82, 2.24) is 15.1 Å². The number of hydrogen-bond acceptors (Lipinski definition) is 5. The van der Waals surface area contributed by atoms with Crippen LogP contribution in [0, 0.1) is 0 Å². The molecule has 21 heavy (non-hydrogen) atoms. The van der Waals surface area contributed by atoms with Crippen LogP contribution in [0.4, 0.5) is 0 Å². The topological polar surface area (TPSA) is 76.4 Å². The van der Waals surface area contributed by atoms with Gasteiger partial charge in [0.25, 0.3) is 5.56 Å². The predicted molar refractivity (Wildman–Crippen MR) is 80.1 cm³/mol. The Kier molecular flexibility index (Phi) is 5.32. The van der Waals surface area contributed by atoms with E-state index in [-0.39, 0.29) is 5.75 Å². The highest BCUT2D eigenvalue weighted by Crippen LogP contribution is 2.19. The fraction of sp³-hybridized carbons (Fsp3) is 0.286. The maximum atomic E-state index is 12.0. The van der Waals surface area contributed by atoms with Crippen molar-refractivity contribution in [2.45, 2.75) is 6.54 Å². The lowest BCUT2D eigenvalue weighted by atomic mass is 10.3. The highest BCUT2D eigenvalue weighted by atomic mass is 35.5. The van der Waals surface area contributed by atoms with E-state index in [1.165, 1.54) is 4.68 Å². The summed E-state index contributed by atoms with van der Waals surface area (Å²) in [5, 5.41) is 17.4. The van der Waals surface area contributed by atoms with E-state index < -0.39 is 5.56 Å². The summed E-state index contributed by atoms with van der Waals surface area (Å²) in [5.74, 6) is -0.145. The normalized spacial score (nSPS) is 10.8. The number of halogens is 1. The lowest BCUT2D eigenvalue weighted by Gasteiger charge is -2.10. The van der Waals surface area contributed by atoms with Crippen LogP contribution in [0.1, 0.15) is 5.69 Å². The third-order valence-electron chi connectivity index (χ3n) is 2.84. The van der Waals surface area contributed by atoms with Crippen molar-refractivity contribution in [2.24, 2.45) is 0 Å². The Hall–Kier alpha value is -1.89. The van der Waals surface area contributed by atoms with Crippen LogP contribution >= 0.6 is 11.6 Å². The van der Waals surface area contributed by atoms with Crippen LogP contribution in [0.5, 0.6) is 5.75 Å². The predicted octanol–water partition coefficient (Wildman–Crippen LogP) is 1.33. The minimum Gasteiger partial charge on any atom is -0.506 e. The van der Waals surface area contributed by atoms with Crippen molar-refractivity contribution in [3.8, 4) is 11.4 Å².